The Bertz CT molecular complexity index is 517. The Morgan fingerprint density at radius 3 is 2.62 bits per heavy atom. The molecule has 1 atom stereocenters. The van der Waals surface area contributed by atoms with E-state index >= 15 is 0 Å². The van der Waals surface area contributed by atoms with Crippen LogP contribution in [0.25, 0.3) is 10.8 Å². The van der Waals surface area contributed by atoms with Gasteiger partial charge >= 0.3 is 5.97 Å². The summed E-state index contributed by atoms with van der Waals surface area (Å²) in [7, 11) is 0. The van der Waals surface area contributed by atoms with Gasteiger partial charge in [0, 0.05) is 0 Å². The lowest BCUT2D eigenvalue weighted by molar-refractivity contribution is -0.138. The highest BCUT2D eigenvalue weighted by Crippen LogP contribution is 2.19. The standard InChI is InChI=1S/C13H13NO2/c14-12(13(15)16)8-10-6-3-5-9-4-1-2-7-11(9)10/h1-7,12H,8,14H2,(H,15,16). The molecule has 3 N–H and O–H groups in total. The molecule has 16 heavy (non-hydrogen) atoms. The summed E-state index contributed by atoms with van der Waals surface area (Å²) >= 11 is 0. The van der Waals surface area contributed by atoms with Crippen molar-refractivity contribution in [3.05, 3.63) is 48.0 Å². The third kappa shape index (κ3) is 2.04. The van der Waals surface area contributed by atoms with Crippen LogP contribution in [-0.4, -0.2) is 17.1 Å². The molecule has 0 saturated heterocycles. The molecule has 2 rings (SSSR count). The average molecular weight is 215 g/mol. The smallest absolute Gasteiger partial charge is 0.320 e. The van der Waals surface area contributed by atoms with Crippen LogP contribution in [0.15, 0.2) is 42.5 Å². The first-order chi connectivity index (χ1) is 7.68. The highest BCUT2D eigenvalue weighted by molar-refractivity contribution is 5.86. The minimum atomic E-state index is -0.965. The molecule has 0 saturated carbocycles. The van der Waals surface area contributed by atoms with Gasteiger partial charge in [-0.05, 0) is 22.8 Å². The number of carboxylic acids is 1. The van der Waals surface area contributed by atoms with E-state index in [1.807, 2.05) is 42.5 Å². The van der Waals surface area contributed by atoms with Crippen molar-refractivity contribution in [2.24, 2.45) is 5.73 Å². The minimum absolute atomic E-state index is 0.358. The van der Waals surface area contributed by atoms with E-state index < -0.39 is 12.0 Å². The second-order valence-corrected chi connectivity index (χ2v) is 3.79. The molecular formula is C13H13NO2. The van der Waals surface area contributed by atoms with E-state index in [1.54, 1.807) is 0 Å². The van der Waals surface area contributed by atoms with Crippen molar-refractivity contribution in [1.29, 1.82) is 0 Å². The summed E-state index contributed by atoms with van der Waals surface area (Å²) in [6, 6.07) is 12.9. The predicted molar refractivity (Wildman–Crippen MR) is 63.3 cm³/mol. The van der Waals surface area contributed by atoms with Crippen LogP contribution in [0.2, 0.25) is 0 Å². The molecule has 3 heteroatoms. The van der Waals surface area contributed by atoms with Gasteiger partial charge in [0.15, 0.2) is 0 Å². The molecule has 0 spiro atoms. The first kappa shape index (κ1) is 10.6. The fraction of sp³-hybridized carbons (Fsp3) is 0.154. The topological polar surface area (TPSA) is 63.3 Å². The summed E-state index contributed by atoms with van der Waals surface area (Å²) in [6.45, 7) is 0. The van der Waals surface area contributed by atoms with Crippen LogP contribution in [-0.2, 0) is 11.2 Å². The van der Waals surface area contributed by atoms with Crippen molar-refractivity contribution in [1.82, 2.24) is 0 Å². The molecule has 2 aromatic rings. The van der Waals surface area contributed by atoms with E-state index in [2.05, 4.69) is 0 Å². The van der Waals surface area contributed by atoms with Crippen LogP contribution in [0.5, 0.6) is 0 Å². The van der Waals surface area contributed by atoms with Crippen molar-refractivity contribution < 1.29 is 9.90 Å². The van der Waals surface area contributed by atoms with Gasteiger partial charge in [-0.25, -0.2) is 0 Å². The largest absolute Gasteiger partial charge is 0.480 e. The third-order valence-electron chi connectivity index (χ3n) is 2.64. The van der Waals surface area contributed by atoms with Crippen LogP contribution in [0, 0.1) is 0 Å². The normalized spacial score (nSPS) is 12.6. The monoisotopic (exact) mass is 215 g/mol. The number of nitrogens with two attached hydrogens (primary N) is 1. The molecule has 0 heterocycles. The third-order valence-corrected chi connectivity index (χ3v) is 2.64. The molecule has 0 fully saturated rings. The molecule has 0 aliphatic rings. The van der Waals surface area contributed by atoms with Gasteiger partial charge < -0.3 is 10.8 Å². The molecule has 0 aliphatic carbocycles. The zero-order chi connectivity index (χ0) is 11.5. The number of carboxylic acid groups (broad SMARTS) is 1. The quantitative estimate of drug-likeness (QED) is 0.820. The van der Waals surface area contributed by atoms with Gasteiger partial charge in [-0.3, -0.25) is 4.79 Å². The highest BCUT2D eigenvalue weighted by atomic mass is 16.4. The Morgan fingerprint density at radius 1 is 1.19 bits per heavy atom. The minimum Gasteiger partial charge on any atom is -0.480 e. The summed E-state index contributed by atoms with van der Waals surface area (Å²) in [5.41, 5.74) is 6.52. The highest BCUT2D eigenvalue weighted by Gasteiger charge is 2.13. The molecular weight excluding hydrogens is 202 g/mol. The summed E-state index contributed by atoms with van der Waals surface area (Å²) in [4.78, 5) is 10.7. The van der Waals surface area contributed by atoms with E-state index in [1.165, 1.54) is 0 Å². The summed E-state index contributed by atoms with van der Waals surface area (Å²) in [5.74, 6) is -0.965. The van der Waals surface area contributed by atoms with Gasteiger partial charge in [0.1, 0.15) is 6.04 Å². The molecule has 0 aliphatic heterocycles. The van der Waals surface area contributed by atoms with E-state index in [0.717, 1.165) is 16.3 Å². The Balaban J connectivity index is 2.41. The molecule has 82 valence electrons. The van der Waals surface area contributed by atoms with Crippen LogP contribution in [0.4, 0.5) is 0 Å². The Morgan fingerprint density at radius 2 is 1.88 bits per heavy atom. The summed E-state index contributed by atoms with van der Waals surface area (Å²) in [5, 5.41) is 11.0. The number of fused-ring (bicyclic) bond motifs is 1. The summed E-state index contributed by atoms with van der Waals surface area (Å²) in [6.07, 6.45) is 0.358. The van der Waals surface area contributed by atoms with Crippen LogP contribution in [0.1, 0.15) is 5.56 Å². The van der Waals surface area contributed by atoms with Crippen molar-refractivity contribution in [3.8, 4) is 0 Å². The number of aliphatic carboxylic acids is 1. The Kier molecular flexibility index (Phi) is 2.88. The van der Waals surface area contributed by atoms with E-state index in [0.29, 0.717) is 6.42 Å². The predicted octanol–water partition coefficient (Wildman–Crippen LogP) is 1.79. The molecule has 0 radical (unpaired) electrons. The zero-order valence-corrected chi connectivity index (χ0v) is 8.76. The molecule has 2 aromatic carbocycles. The lowest BCUT2D eigenvalue weighted by Gasteiger charge is -2.09. The van der Waals surface area contributed by atoms with E-state index in [4.69, 9.17) is 10.8 Å². The second kappa shape index (κ2) is 4.33. The number of hydrogen-bond acceptors (Lipinski definition) is 2. The fourth-order valence-corrected chi connectivity index (χ4v) is 1.79. The number of hydrogen-bond donors (Lipinski definition) is 2. The van der Waals surface area contributed by atoms with Gasteiger partial charge in [-0.15, -0.1) is 0 Å². The van der Waals surface area contributed by atoms with E-state index in [-0.39, 0.29) is 0 Å². The van der Waals surface area contributed by atoms with Gasteiger partial charge in [0.25, 0.3) is 0 Å². The number of benzene rings is 2. The lowest BCUT2D eigenvalue weighted by atomic mass is 9.99. The molecule has 0 amide bonds. The lowest BCUT2D eigenvalue weighted by Crippen LogP contribution is -2.32. The first-order valence-electron chi connectivity index (χ1n) is 5.13. The molecule has 0 bridgehead atoms. The van der Waals surface area contributed by atoms with Crippen molar-refractivity contribution in [2.45, 2.75) is 12.5 Å². The second-order valence-electron chi connectivity index (χ2n) is 3.79. The van der Waals surface area contributed by atoms with E-state index in [9.17, 15) is 4.79 Å². The Labute approximate surface area is 93.5 Å². The number of carbonyl (C=O) groups is 1. The SMILES string of the molecule is NC(Cc1cccc2ccccc12)C(=O)O. The maximum atomic E-state index is 10.7. The zero-order valence-electron chi connectivity index (χ0n) is 8.76. The fourth-order valence-electron chi connectivity index (χ4n) is 1.79. The Hall–Kier alpha value is -1.87. The summed E-state index contributed by atoms with van der Waals surface area (Å²) < 4.78 is 0. The van der Waals surface area contributed by atoms with Gasteiger partial charge in [-0.1, -0.05) is 42.5 Å². The molecule has 1 unspecified atom stereocenters. The maximum Gasteiger partial charge on any atom is 0.320 e. The van der Waals surface area contributed by atoms with Crippen LogP contribution in [0.3, 0.4) is 0 Å². The van der Waals surface area contributed by atoms with Crippen molar-refractivity contribution >= 4 is 16.7 Å². The van der Waals surface area contributed by atoms with Crippen molar-refractivity contribution in [2.75, 3.05) is 0 Å². The van der Waals surface area contributed by atoms with Gasteiger partial charge in [0.2, 0.25) is 0 Å². The number of rotatable bonds is 3. The maximum absolute atomic E-state index is 10.7. The first-order valence-corrected chi connectivity index (χ1v) is 5.13. The van der Waals surface area contributed by atoms with Gasteiger partial charge in [0.05, 0.1) is 0 Å². The van der Waals surface area contributed by atoms with Crippen molar-refractivity contribution in [3.63, 3.8) is 0 Å². The van der Waals surface area contributed by atoms with Crippen LogP contribution < -0.4 is 5.73 Å². The molecule has 3 nitrogen and oxygen atoms in total. The molecule has 0 aromatic heterocycles. The van der Waals surface area contributed by atoms with Crippen LogP contribution >= 0.6 is 0 Å². The average Bonchev–Trinajstić information content (AvgIpc) is 2.29. The van der Waals surface area contributed by atoms with Gasteiger partial charge in [-0.2, -0.15) is 0 Å².